The van der Waals surface area contributed by atoms with Crippen molar-refractivity contribution in [1.82, 2.24) is 5.32 Å². The Hall–Kier alpha value is -1.25. The molecule has 0 aromatic carbocycles. The first-order chi connectivity index (χ1) is 32.4. The highest BCUT2D eigenvalue weighted by Crippen LogP contribution is 2.43. The number of hydrogen-bond donors (Lipinski definition) is 2. The van der Waals surface area contributed by atoms with Gasteiger partial charge in [0.1, 0.15) is 19.3 Å². The van der Waals surface area contributed by atoms with Crippen molar-refractivity contribution < 1.29 is 37.3 Å². The van der Waals surface area contributed by atoms with Gasteiger partial charge in [-0.25, -0.2) is 4.57 Å². The number of esters is 1. The van der Waals surface area contributed by atoms with Crippen LogP contribution < -0.4 is 5.32 Å². The Balaban J connectivity index is 5.25. The fourth-order valence-corrected chi connectivity index (χ4v) is 9.44. The molecule has 2 N–H and O–H groups in total. The first kappa shape index (κ1) is 65.8. The van der Waals surface area contributed by atoms with Crippen LogP contribution in [0.2, 0.25) is 0 Å². The topological polar surface area (TPSA) is 111 Å². The number of unbranched alkanes of at least 4 members (excludes halogenated alkanes) is 37. The maximum absolute atomic E-state index is 13.5. The van der Waals surface area contributed by atoms with Gasteiger partial charge >= 0.3 is 13.8 Å². The van der Waals surface area contributed by atoms with E-state index < -0.39 is 20.0 Å². The van der Waals surface area contributed by atoms with Crippen molar-refractivity contribution in [3.63, 3.8) is 0 Å². The summed E-state index contributed by atoms with van der Waals surface area (Å²) in [5.74, 6) is -0.488. The first-order valence-corrected chi connectivity index (χ1v) is 30.5. The van der Waals surface area contributed by atoms with Gasteiger partial charge in [-0.05, 0) is 31.8 Å². The molecule has 9 nitrogen and oxygen atoms in total. The number of carbonyl (C=O) groups is 2. The van der Waals surface area contributed by atoms with Gasteiger partial charge in [-0.15, -0.1) is 0 Å². The first-order valence-electron chi connectivity index (χ1n) is 29.0. The van der Waals surface area contributed by atoms with Crippen molar-refractivity contribution in [3.05, 3.63) is 12.2 Å². The lowest BCUT2D eigenvalue weighted by molar-refractivity contribution is -0.870. The molecule has 10 heteroatoms. The molecule has 0 spiro atoms. The normalized spacial score (nSPS) is 13.8. The van der Waals surface area contributed by atoms with Crippen molar-refractivity contribution in [2.24, 2.45) is 0 Å². The molecule has 0 rings (SSSR count). The van der Waals surface area contributed by atoms with Crippen molar-refractivity contribution in [1.29, 1.82) is 0 Å². The molecule has 67 heavy (non-hydrogen) atoms. The summed E-state index contributed by atoms with van der Waals surface area (Å²) in [5.41, 5.74) is 0. The summed E-state index contributed by atoms with van der Waals surface area (Å²) in [5, 5.41) is 3.05. The van der Waals surface area contributed by atoms with Gasteiger partial charge in [-0.3, -0.25) is 18.6 Å². The standard InChI is InChI=1S/C57H113N2O7P/c1-7-10-13-16-19-22-25-27-28-29-30-32-35-38-41-44-47-50-57(61)66-55(48-45-42-39-36-33-24-21-18-15-12-9-3)54(53-65-67(62,63)64-52-51-59(4,5)6)58-56(60)49-46-43-40-37-34-31-26-23-20-17-14-11-8-2/h45,48,54-55H,7-44,46-47,49-53H2,1-6H3,(H-,58,60,62,63)/p+1/b48-45+. The average molecular weight is 971 g/mol. The number of ether oxygens (including phenoxy) is 1. The molecule has 0 fully saturated rings. The third-order valence-corrected chi connectivity index (χ3v) is 14.2. The van der Waals surface area contributed by atoms with E-state index in [9.17, 15) is 19.0 Å². The molecule has 0 aromatic rings. The summed E-state index contributed by atoms with van der Waals surface area (Å²) in [6.45, 7) is 7.04. The molecule has 0 saturated heterocycles. The second-order valence-electron chi connectivity index (χ2n) is 21.2. The molecule has 0 aliphatic rings. The van der Waals surface area contributed by atoms with Gasteiger partial charge in [-0.2, -0.15) is 0 Å². The Labute approximate surface area is 416 Å². The zero-order chi connectivity index (χ0) is 49.4. The molecule has 0 aliphatic carbocycles. The zero-order valence-electron chi connectivity index (χ0n) is 45.4. The van der Waals surface area contributed by atoms with Crippen LogP contribution in [-0.4, -0.2) is 74.3 Å². The molecule has 0 radical (unpaired) electrons. The van der Waals surface area contributed by atoms with E-state index in [4.69, 9.17) is 13.8 Å². The number of phosphoric acid groups is 1. The second kappa shape index (κ2) is 48.4. The van der Waals surface area contributed by atoms with Gasteiger partial charge in [0.25, 0.3) is 0 Å². The van der Waals surface area contributed by atoms with Crippen molar-refractivity contribution in [2.45, 2.75) is 303 Å². The van der Waals surface area contributed by atoms with Crippen LogP contribution in [0.25, 0.3) is 0 Å². The molecule has 3 unspecified atom stereocenters. The summed E-state index contributed by atoms with van der Waals surface area (Å²) in [4.78, 5) is 37.5. The van der Waals surface area contributed by atoms with Crippen LogP contribution in [0.1, 0.15) is 290 Å². The molecular formula is C57H114N2O7P+. The summed E-state index contributed by atoms with van der Waals surface area (Å²) < 4.78 is 30.6. The van der Waals surface area contributed by atoms with Crippen LogP contribution in [0.15, 0.2) is 12.2 Å². The highest BCUT2D eigenvalue weighted by atomic mass is 31.2. The summed E-state index contributed by atoms with van der Waals surface area (Å²) in [7, 11) is 1.51. The van der Waals surface area contributed by atoms with Gasteiger partial charge in [0.2, 0.25) is 5.91 Å². The SMILES string of the molecule is CCCCCCCCCCC/C=C/C(OC(=O)CCCCCCCCCCCCCCCCCCC)C(COP(=O)(O)OCC[N+](C)(C)C)NC(=O)CCCCCCCCCCCCCCC. The monoisotopic (exact) mass is 970 g/mol. The molecule has 0 aromatic heterocycles. The Morgan fingerprint density at radius 3 is 1.22 bits per heavy atom. The van der Waals surface area contributed by atoms with E-state index in [1.807, 2.05) is 33.3 Å². The molecule has 398 valence electrons. The third-order valence-electron chi connectivity index (χ3n) is 13.2. The average Bonchev–Trinajstić information content (AvgIpc) is 3.28. The number of hydrogen-bond acceptors (Lipinski definition) is 6. The zero-order valence-corrected chi connectivity index (χ0v) is 46.3. The number of allylic oxidation sites excluding steroid dienone is 1. The number of phosphoric ester groups is 1. The Morgan fingerprint density at radius 2 is 0.851 bits per heavy atom. The lowest BCUT2D eigenvalue weighted by Crippen LogP contribution is -2.47. The minimum absolute atomic E-state index is 0.0454. The van der Waals surface area contributed by atoms with Crippen LogP contribution >= 0.6 is 7.82 Å². The largest absolute Gasteiger partial charge is 0.472 e. The van der Waals surface area contributed by atoms with E-state index in [-0.39, 0.29) is 25.1 Å². The number of rotatable bonds is 53. The van der Waals surface area contributed by atoms with E-state index in [0.717, 1.165) is 57.8 Å². The molecule has 0 aliphatic heterocycles. The lowest BCUT2D eigenvalue weighted by Gasteiger charge is -2.27. The number of likely N-dealkylation sites (N-methyl/N-ethyl adjacent to an activating group) is 1. The lowest BCUT2D eigenvalue weighted by atomic mass is 10.0. The quantitative estimate of drug-likeness (QED) is 0.0205. The Bertz CT molecular complexity index is 1160. The minimum Gasteiger partial charge on any atom is -0.456 e. The van der Waals surface area contributed by atoms with Crippen molar-refractivity contribution in [2.75, 3.05) is 40.9 Å². The highest BCUT2D eigenvalue weighted by Gasteiger charge is 2.30. The number of nitrogens with one attached hydrogen (secondary N) is 1. The van der Waals surface area contributed by atoms with Gasteiger partial charge in [0.05, 0.1) is 33.8 Å². The Morgan fingerprint density at radius 1 is 0.507 bits per heavy atom. The number of quaternary nitrogens is 1. The molecule has 0 saturated carbocycles. The van der Waals surface area contributed by atoms with Crippen molar-refractivity contribution >= 4 is 19.7 Å². The maximum atomic E-state index is 13.5. The molecular weight excluding hydrogens is 856 g/mol. The van der Waals surface area contributed by atoms with E-state index in [1.165, 1.54) is 199 Å². The van der Waals surface area contributed by atoms with Crippen LogP contribution in [0.3, 0.4) is 0 Å². The Kier molecular flexibility index (Phi) is 47.5. The van der Waals surface area contributed by atoms with E-state index in [2.05, 4.69) is 26.1 Å². The van der Waals surface area contributed by atoms with Crippen LogP contribution in [-0.2, 0) is 27.9 Å². The molecule has 0 heterocycles. The summed E-state index contributed by atoms with van der Waals surface area (Å²) >= 11 is 0. The number of amides is 1. The summed E-state index contributed by atoms with van der Waals surface area (Å²) in [6, 6.07) is -0.837. The van der Waals surface area contributed by atoms with Crippen LogP contribution in [0, 0.1) is 0 Å². The van der Waals surface area contributed by atoms with Gasteiger partial charge in [0, 0.05) is 12.8 Å². The number of carbonyl (C=O) groups excluding carboxylic acids is 2. The van der Waals surface area contributed by atoms with Gasteiger partial charge in [0.15, 0.2) is 0 Å². The minimum atomic E-state index is -4.43. The van der Waals surface area contributed by atoms with E-state index >= 15 is 0 Å². The predicted molar refractivity (Wildman–Crippen MR) is 287 cm³/mol. The maximum Gasteiger partial charge on any atom is 0.472 e. The smallest absolute Gasteiger partial charge is 0.456 e. The highest BCUT2D eigenvalue weighted by molar-refractivity contribution is 7.47. The molecule has 3 atom stereocenters. The van der Waals surface area contributed by atoms with Gasteiger partial charge in [-0.1, -0.05) is 258 Å². The predicted octanol–water partition coefficient (Wildman–Crippen LogP) is 17.2. The van der Waals surface area contributed by atoms with Crippen molar-refractivity contribution in [3.8, 4) is 0 Å². The summed E-state index contributed by atoms with van der Waals surface area (Å²) in [6.07, 6.45) is 53.4. The second-order valence-corrected chi connectivity index (χ2v) is 22.6. The van der Waals surface area contributed by atoms with E-state index in [1.54, 1.807) is 0 Å². The number of nitrogens with zero attached hydrogens (tertiary/aromatic N) is 1. The van der Waals surface area contributed by atoms with Gasteiger partial charge < -0.3 is 19.4 Å². The third kappa shape index (κ3) is 49.5. The van der Waals surface area contributed by atoms with Crippen LogP contribution in [0.4, 0.5) is 0 Å². The van der Waals surface area contributed by atoms with Crippen LogP contribution in [0.5, 0.6) is 0 Å². The molecule has 1 amide bonds. The molecule has 0 bridgehead atoms. The fourth-order valence-electron chi connectivity index (χ4n) is 8.71. The van der Waals surface area contributed by atoms with E-state index in [0.29, 0.717) is 23.9 Å². The fraction of sp³-hybridized carbons (Fsp3) is 0.930.